The van der Waals surface area contributed by atoms with Gasteiger partial charge in [0.15, 0.2) is 0 Å². The lowest BCUT2D eigenvalue weighted by Gasteiger charge is -2.17. The number of nitrogens with one attached hydrogen (secondary N) is 1. The summed E-state index contributed by atoms with van der Waals surface area (Å²) in [5.41, 5.74) is 3.35. The number of hydrogen-bond acceptors (Lipinski definition) is 2. The van der Waals surface area contributed by atoms with E-state index >= 15 is 0 Å². The maximum Gasteiger partial charge on any atom is 0.239 e. The van der Waals surface area contributed by atoms with E-state index in [0.717, 1.165) is 36.4 Å². The van der Waals surface area contributed by atoms with Gasteiger partial charge in [0, 0.05) is 29.4 Å². The van der Waals surface area contributed by atoms with E-state index in [1.165, 1.54) is 21.4 Å². The highest BCUT2D eigenvalue weighted by Gasteiger charge is 2.38. The van der Waals surface area contributed by atoms with Crippen LogP contribution in [0, 0.1) is 17.6 Å². The highest BCUT2D eigenvalue weighted by Crippen LogP contribution is 2.35. The van der Waals surface area contributed by atoms with Gasteiger partial charge in [-0.25, -0.2) is 8.78 Å². The largest absolute Gasteiger partial charge is 0.325 e. The molecule has 3 aromatic carbocycles. The van der Waals surface area contributed by atoms with Crippen LogP contribution >= 0.6 is 0 Å². The summed E-state index contributed by atoms with van der Waals surface area (Å²) in [5, 5.41) is 5.05. The van der Waals surface area contributed by atoms with Crippen molar-refractivity contribution in [2.24, 2.45) is 5.92 Å². The number of benzene rings is 3. The average Bonchev–Trinajstić information content (AvgIpc) is 3.28. The lowest BCUT2D eigenvalue weighted by atomic mass is 10.0. The molecule has 2 amide bonds. The summed E-state index contributed by atoms with van der Waals surface area (Å²) in [6.07, 6.45) is 2.28. The molecule has 1 fully saturated rings. The number of hydrogen-bond donors (Lipinski definition) is 1. The van der Waals surface area contributed by atoms with Crippen molar-refractivity contribution in [1.82, 2.24) is 0 Å². The standard InChI is InChI=1S/C23H18F2N2O2/c24-15-10-16(25)12-17(11-15)27-9-8-19(23(27)29)22(28)26-20-7-6-14-5-4-13-2-1-3-18(20)21(13)14/h1-3,6-7,10-12,19H,4-5,8-9H2,(H,26,28). The summed E-state index contributed by atoms with van der Waals surface area (Å²) in [6, 6.07) is 12.9. The van der Waals surface area contributed by atoms with E-state index < -0.39 is 29.4 Å². The van der Waals surface area contributed by atoms with Gasteiger partial charge in [-0.2, -0.15) is 0 Å². The number of rotatable bonds is 3. The number of halogens is 2. The summed E-state index contributed by atoms with van der Waals surface area (Å²) in [5.74, 6) is -3.24. The van der Waals surface area contributed by atoms with E-state index in [1.54, 1.807) is 0 Å². The van der Waals surface area contributed by atoms with E-state index in [1.807, 2.05) is 24.3 Å². The quantitative estimate of drug-likeness (QED) is 0.679. The Morgan fingerprint density at radius 3 is 2.48 bits per heavy atom. The van der Waals surface area contributed by atoms with Gasteiger partial charge in [0.2, 0.25) is 11.8 Å². The van der Waals surface area contributed by atoms with Gasteiger partial charge < -0.3 is 10.2 Å². The minimum atomic E-state index is -0.885. The van der Waals surface area contributed by atoms with Crippen LogP contribution in [0.1, 0.15) is 17.5 Å². The van der Waals surface area contributed by atoms with Gasteiger partial charge in [-0.05, 0) is 54.0 Å². The SMILES string of the molecule is O=C(Nc1ccc2c3c(cccc13)CC2)C1CCN(c2cc(F)cc(F)c2)C1=O. The second kappa shape index (κ2) is 6.65. The normalized spacial score (nSPS) is 17.9. The first kappa shape index (κ1) is 17.8. The second-order valence-corrected chi connectivity index (χ2v) is 7.56. The monoisotopic (exact) mass is 392 g/mol. The molecule has 5 rings (SSSR count). The number of carbonyl (C=O) groups is 2. The third kappa shape index (κ3) is 2.95. The Hall–Kier alpha value is -3.28. The minimum Gasteiger partial charge on any atom is -0.325 e. The molecule has 0 radical (unpaired) electrons. The summed E-state index contributed by atoms with van der Waals surface area (Å²) in [4.78, 5) is 26.9. The summed E-state index contributed by atoms with van der Waals surface area (Å²) in [7, 11) is 0. The Labute approximate surface area is 166 Å². The first-order valence-electron chi connectivity index (χ1n) is 9.63. The molecule has 4 nitrogen and oxygen atoms in total. The van der Waals surface area contributed by atoms with Gasteiger partial charge in [-0.3, -0.25) is 9.59 Å². The molecule has 1 N–H and O–H groups in total. The molecule has 2 aliphatic rings. The first-order valence-corrected chi connectivity index (χ1v) is 9.63. The van der Waals surface area contributed by atoms with Crippen molar-refractivity contribution in [3.63, 3.8) is 0 Å². The molecule has 1 aliphatic carbocycles. The number of anilines is 2. The Morgan fingerprint density at radius 1 is 1.00 bits per heavy atom. The van der Waals surface area contributed by atoms with Crippen molar-refractivity contribution in [3.05, 3.63) is 71.3 Å². The van der Waals surface area contributed by atoms with Gasteiger partial charge in [0.05, 0.1) is 0 Å². The molecule has 6 heteroatoms. The third-order valence-corrected chi connectivity index (χ3v) is 5.82. The molecule has 0 spiro atoms. The molecule has 1 unspecified atom stereocenters. The summed E-state index contributed by atoms with van der Waals surface area (Å²) < 4.78 is 27.0. The van der Waals surface area contributed by atoms with Gasteiger partial charge in [0.1, 0.15) is 17.6 Å². The fraction of sp³-hybridized carbons (Fsp3) is 0.217. The van der Waals surface area contributed by atoms with Crippen molar-refractivity contribution in [2.75, 3.05) is 16.8 Å². The van der Waals surface area contributed by atoms with Crippen LogP contribution < -0.4 is 10.2 Å². The van der Waals surface area contributed by atoms with E-state index in [2.05, 4.69) is 11.4 Å². The second-order valence-electron chi connectivity index (χ2n) is 7.56. The first-order chi connectivity index (χ1) is 14.0. The molecule has 29 heavy (non-hydrogen) atoms. The number of carbonyl (C=O) groups excluding carboxylic acids is 2. The van der Waals surface area contributed by atoms with Crippen LogP contribution in [0.25, 0.3) is 10.8 Å². The zero-order valence-corrected chi connectivity index (χ0v) is 15.5. The molecule has 1 heterocycles. The Kier molecular flexibility index (Phi) is 4.08. The smallest absolute Gasteiger partial charge is 0.239 e. The predicted octanol–water partition coefficient (Wildman–Crippen LogP) is 4.21. The lowest BCUT2D eigenvalue weighted by Crippen LogP contribution is -2.33. The zero-order chi connectivity index (χ0) is 20.1. The van der Waals surface area contributed by atoms with Crippen LogP contribution in [0.3, 0.4) is 0 Å². The van der Waals surface area contributed by atoms with Crippen LogP contribution in [0.4, 0.5) is 20.2 Å². The van der Waals surface area contributed by atoms with Crippen LogP contribution in [-0.2, 0) is 22.4 Å². The molecule has 1 saturated heterocycles. The molecule has 1 aliphatic heterocycles. The van der Waals surface area contributed by atoms with Gasteiger partial charge in [-0.15, -0.1) is 0 Å². The predicted molar refractivity (Wildman–Crippen MR) is 107 cm³/mol. The van der Waals surface area contributed by atoms with Gasteiger partial charge >= 0.3 is 0 Å². The highest BCUT2D eigenvalue weighted by atomic mass is 19.1. The van der Waals surface area contributed by atoms with Crippen LogP contribution in [0.5, 0.6) is 0 Å². The van der Waals surface area contributed by atoms with Crippen molar-refractivity contribution < 1.29 is 18.4 Å². The Morgan fingerprint density at radius 2 is 1.72 bits per heavy atom. The fourth-order valence-electron chi connectivity index (χ4n) is 4.45. The Balaban J connectivity index is 1.40. The summed E-state index contributed by atoms with van der Waals surface area (Å²) in [6.45, 7) is 0.240. The van der Waals surface area contributed by atoms with E-state index in [9.17, 15) is 18.4 Å². The zero-order valence-electron chi connectivity index (χ0n) is 15.5. The highest BCUT2D eigenvalue weighted by molar-refractivity contribution is 6.15. The number of amides is 2. The minimum absolute atomic E-state index is 0.133. The fourth-order valence-corrected chi connectivity index (χ4v) is 4.45. The van der Waals surface area contributed by atoms with Gasteiger partial charge in [0.25, 0.3) is 0 Å². The van der Waals surface area contributed by atoms with E-state index in [0.29, 0.717) is 12.1 Å². The summed E-state index contributed by atoms with van der Waals surface area (Å²) >= 11 is 0. The molecule has 3 aromatic rings. The molecular weight excluding hydrogens is 374 g/mol. The maximum absolute atomic E-state index is 13.5. The van der Waals surface area contributed by atoms with Crippen molar-refractivity contribution >= 4 is 34.0 Å². The molecule has 0 aromatic heterocycles. The third-order valence-electron chi connectivity index (χ3n) is 5.82. The van der Waals surface area contributed by atoms with Crippen LogP contribution in [0.2, 0.25) is 0 Å². The van der Waals surface area contributed by atoms with Crippen molar-refractivity contribution in [1.29, 1.82) is 0 Å². The molecule has 146 valence electrons. The molecular formula is C23H18F2N2O2. The van der Waals surface area contributed by atoms with Gasteiger partial charge in [-0.1, -0.05) is 24.3 Å². The van der Waals surface area contributed by atoms with Crippen molar-refractivity contribution in [3.8, 4) is 0 Å². The van der Waals surface area contributed by atoms with Crippen LogP contribution in [0.15, 0.2) is 48.5 Å². The lowest BCUT2D eigenvalue weighted by molar-refractivity contribution is -0.129. The number of nitrogens with zero attached hydrogens (tertiary/aromatic N) is 1. The molecule has 1 atom stereocenters. The maximum atomic E-state index is 13.5. The number of aryl methyl sites for hydroxylation is 2. The Bertz CT molecular complexity index is 1140. The van der Waals surface area contributed by atoms with E-state index in [-0.39, 0.29) is 12.2 Å². The van der Waals surface area contributed by atoms with Crippen molar-refractivity contribution in [2.45, 2.75) is 19.3 Å². The molecule has 0 bridgehead atoms. The average molecular weight is 392 g/mol. The van der Waals surface area contributed by atoms with E-state index in [4.69, 9.17) is 0 Å². The van der Waals surface area contributed by atoms with Crippen LogP contribution in [-0.4, -0.2) is 18.4 Å². The molecule has 0 saturated carbocycles. The topological polar surface area (TPSA) is 49.4 Å².